The zero-order valence-electron chi connectivity index (χ0n) is 11.9. The van der Waals surface area contributed by atoms with Crippen LogP contribution in [-0.2, 0) is 0 Å². The third-order valence-corrected chi connectivity index (χ3v) is 3.90. The molecular weight excluding hydrogens is 222 g/mol. The van der Waals surface area contributed by atoms with E-state index in [1.165, 1.54) is 42.5 Å². The summed E-state index contributed by atoms with van der Waals surface area (Å²) in [6, 6.07) is 5.02. The van der Waals surface area contributed by atoms with Gasteiger partial charge in [0.05, 0.1) is 6.61 Å². The van der Waals surface area contributed by atoms with Gasteiger partial charge in [0, 0.05) is 6.04 Å². The van der Waals surface area contributed by atoms with Gasteiger partial charge in [-0.2, -0.15) is 0 Å². The molecule has 1 aromatic carbocycles. The average Bonchev–Trinajstić information content (AvgIpc) is 2.36. The van der Waals surface area contributed by atoms with Crippen LogP contribution in [0.4, 0.5) is 0 Å². The molecule has 0 radical (unpaired) electrons. The Kier molecular flexibility index (Phi) is 4.65. The Balaban J connectivity index is 1.86. The molecule has 0 spiro atoms. The highest BCUT2D eigenvalue weighted by molar-refractivity contribution is 5.41. The second-order valence-corrected chi connectivity index (χ2v) is 5.49. The zero-order chi connectivity index (χ0) is 13.0. The molecule has 1 saturated heterocycles. The number of aryl methyl sites for hydroxylation is 2. The first-order valence-corrected chi connectivity index (χ1v) is 7.11. The van der Waals surface area contributed by atoms with Crippen molar-refractivity contribution in [1.82, 2.24) is 5.32 Å². The van der Waals surface area contributed by atoms with Crippen molar-refractivity contribution in [3.63, 3.8) is 0 Å². The fourth-order valence-electron chi connectivity index (χ4n) is 2.63. The molecule has 0 saturated carbocycles. The number of hydrogen-bond donors (Lipinski definition) is 1. The highest BCUT2D eigenvalue weighted by Gasteiger charge is 2.12. The first-order chi connectivity index (χ1) is 8.66. The van der Waals surface area contributed by atoms with Crippen molar-refractivity contribution in [3.05, 3.63) is 28.8 Å². The summed E-state index contributed by atoms with van der Waals surface area (Å²) < 4.78 is 5.96. The van der Waals surface area contributed by atoms with Gasteiger partial charge >= 0.3 is 0 Å². The second-order valence-electron chi connectivity index (χ2n) is 5.49. The van der Waals surface area contributed by atoms with Crippen LogP contribution in [-0.4, -0.2) is 19.2 Å². The summed E-state index contributed by atoms with van der Waals surface area (Å²) in [6.45, 7) is 8.41. The molecule has 2 heteroatoms. The summed E-state index contributed by atoms with van der Waals surface area (Å²) in [7, 11) is 0. The van der Waals surface area contributed by atoms with E-state index in [-0.39, 0.29) is 0 Å². The van der Waals surface area contributed by atoms with Crippen LogP contribution in [0.25, 0.3) is 0 Å². The molecule has 1 aromatic rings. The summed E-state index contributed by atoms with van der Waals surface area (Å²) in [5, 5.41) is 3.56. The van der Waals surface area contributed by atoms with Gasteiger partial charge in [-0.05, 0) is 69.3 Å². The van der Waals surface area contributed by atoms with Gasteiger partial charge in [0.2, 0.25) is 0 Å². The molecule has 1 aliphatic rings. The second kappa shape index (κ2) is 6.24. The highest BCUT2D eigenvalue weighted by atomic mass is 16.5. The maximum Gasteiger partial charge on any atom is 0.122 e. The molecule has 0 amide bonds. The largest absolute Gasteiger partial charge is 0.493 e. The molecule has 0 bridgehead atoms. The van der Waals surface area contributed by atoms with Crippen molar-refractivity contribution in [1.29, 1.82) is 0 Å². The summed E-state index contributed by atoms with van der Waals surface area (Å²) in [5.41, 5.74) is 3.88. The van der Waals surface area contributed by atoms with Crippen molar-refractivity contribution in [2.45, 2.75) is 52.5 Å². The lowest BCUT2D eigenvalue weighted by Crippen LogP contribution is -2.35. The first kappa shape index (κ1) is 13.4. The molecule has 1 N–H and O–H groups in total. The van der Waals surface area contributed by atoms with Gasteiger partial charge in [-0.3, -0.25) is 0 Å². The summed E-state index contributed by atoms with van der Waals surface area (Å²) in [5.74, 6) is 1.06. The fourth-order valence-corrected chi connectivity index (χ4v) is 2.63. The van der Waals surface area contributed by atoms with Gasteiger partial charge in [0.1, 0.15) is 5.75 Å². The Morgan fingerprint density at radius 1 is 1.22 bits per heavy atom. The van der Waals surface area contributed by atoms with Gasteiger partial charge in [0.15, 0.2) is 0 Å². The third-order valence-electron chi connectivity index (χ3n) is 3.90. The predicted molar refractivity (Wildman–Crippen MR) is 76.4 cm³/mol. The lowest BCUT2D eigenvalue weighted by Gasteiger charge is -2.23. The molecule has 2 rings (SSSR count). The smallest absolute Gasteiger partial charge is 0.122 e. The minimum Gasteiger partial charge on any atom is -0.493 e. The molecule has 0 aromatic heterocycles. The van der Waals surface area contributed by atoms with E-state index in [1.54, 1.807) is 0 Å². The van der Waals surface area contributed by atoms with Crippen molar-refractivity contribution in [3.8, 4) is 5.75 Å². The topological polar surface area (TPSA) is 21.3 Å². The maximum absolute atomic E-state index is 5.96. The van der Waals surface area contributed by atoms with Gasteiger partial charge in [-0.15, -0.1) is 0 Å². The van der Waals surface area contributed by atoms with Crippen LogP contribution >= 0.6 is 0 Å². The van der Waals surface area contributed by atoms with Crippen molar-refractivity contribution in [2.75, 3.05) is 13.2 Å². The van der Waals surface area contributed by atoms with Crippen LogP contribution < -0.4 is 10.1 Å². The summed E-state index contributed by atoms with van der Waals surface area (Å²) in [4.78, 5) is 0. The number of rotatable bonds is 4. The van der Waals surface area contributed by atoms with E-state index in [9.17, 15) is 0 Å². The Bertz CT molecular complexity index is 394. The lowest BCUT2D eigenvalue weighted by molar-refractivity contribution is 0.266. The van der Waals surface area contributed by atoms with Gasteiger partial charge < -0.3 is 10.1 Å². The van der Waals surface area contributed by atoms with Crippen LogP contribution in [0.2, 0.25) is 0 Å². The molecule has 1 fully saturated rings. The van der Waals surface area contributed by atoms with Crippen molar-refractivity contribution < 1.29 is 4.74 Å². The fraction of sp³-hybridized carbons (Fsp3) is 0.625. The monoisotopic (exact) mass is 247 g/mol. The molecule has 0 aliphatic carbocycles. The summed E-state index contributed by atoms with van der Waals surface area (Å²) in [6.07, 6.45) is 5.11. The number of ether oxygens (including phenoxy) is 1. The highest BCUT2D eigenvalue weighted by Crippen LogP contribution is 2.23. The number of nitrogens with one attached hydrogen (secondary N) is 1. The predicted octanol–water partition coefficient (Wildman–Crippen LogP) is 3.52. The van der Waals surface area contributed by atoms with E-state index in [1.807, 2.05) is 0 Å². The molecular formula is C16H25NO. The van der Waals surface area contributed by atoms with E-state index in [0.717, 1.165) is 18.8 Å². The molecule has 1 atom stereocenters. The Hall–Kier alpha value is -1.02. The minimum atomic E-state index is 0.657. The lowest BCUT2D eigenvalue weighted by atomic mass is 10.0. The van der Waals surface area contributed by atoms with Crippen molar-refractivity contribution in [2.24, 2.45) is 0 Å². The maximum atomic E-state index is 5.96. The number of piperidine rings is 1. The van der Waals surface area contributed by atoms with Gasteiger partial charge in [0.25, 0.3) is 0 Å². The minimum absolute atomic E-state index is 0.657. The molecule has 1 heterocycles. The normalized spacial score (nSPS) is 19.8. The van der Waals surface area contributed by atoms with Crippen LogP contribution in [0.1, 0.15) is 42.4 Å². The van der Waals surface area contributed by atoms with Crippen LogP contribution in [0, 0.1) is 20.8 Å². The average molecular weight is 247 g/mol. The Labute approximate surface area is 111 Å². The van der Waals surface area contributed by atoms with E-state index >= 15 is 0 Å². The van der Waals surface area contributed by atoms with Crippen LogP contribution in [0.3, 0.4) is 0 Å². The SMILES string of the molecule is Cc1cc(C)c(C)c(OCC[C@H]2CCCCN2)c1. The molecule has 1 aliphatic heterocycles. The van der Waals surface area contributed by atoms with Crippen molar-refractivity contribution >= 4 is 0 Å². The molecule has 18 heavy (non-hydrogen) atoms. The summed E-state index contributed by atoms with van der Waals surface area (Å²) >= 11 is 0. The number of hydrogen-bond acceptors (Lipinski definition) is 2. The van der Waals surface area contributed by atoms with E-state index in [2.05, 4.69) is 38.2 Å². The third kappa shape index (κ3) is 3.49. The van der Waals surface area contributed by atoms with Gasteiger partial charge in [-0.1, -0.05) is 12.5 Å². The number of benzene rings is 1. The van der Waals surface area contributed by atoms with E-state index in [0.29, 0.717) is 6.04 Å². The van der Waals surface area contributed by atoms with Crippen LogP contribution in [0.15, 0.2) is 12.1 Å². The Morgan fingerprint density at radius 3 is 2.78 bits per heavy atom. The quantitative estimate of drug-likeness (QED) is 0.879. The molecule has 100 valence electrons. The van der Waals surface area contributed by atoms with E-state index in [4.69, 9.17) is 4.74 Å². The zero-order valence-corrected chi connectivity index (χ0v) is 11.9. The Morgan fingerprint density at radius 2 is 2.06 bits per heavy atom. The van der Waals surface area contributed by atoms with Crippen LogP contribution in [0.5, 0.6) is 5.75 Å². The van der Waals surface area contributed by atoms with E-state index < -0.39 is 0 Å². The molecule has 0 unspecified atom stereocenters. The standard InChI is InChI=1S/C16H25NO/c1-12-10-13(2)14(3)16(11-12)18-9-7-15-6-4-5-8-17-15/h10-11,15,17H,4-9H2,1-3H3/t15-/m1/s1. The first-order valence-electron chi connectivity index (χ1n) is 7.11. The van der Waals surface area contributed by atoms with Gasteiger partial charge in [-0.25, -0.2) is 0 Å². The molecule has 2 nitrogen and oxygen atoms in total.